The van der Waals surface area contributed by atoms with Crippen molar-refractivity contribution in [3.63, 3.8) is 0 Å². The van der Waals surface area contributed by atoms with Crippen LogP contribution >= 0.6 is 42.5 Å². The number of halogens is 3. The fourth-order valence-electron chi connectivity index (χ4n) is 0.967. The fourth-order valence-corrected chi connectivity index (χ4v) is 4.31. The molecule has 0 radical (unpaired) electrons. The Hall–Kier alpha value is -0.110. The summed E-state index contributed by atoms with van der Waals surface area (Å²) in [6.07, 6.45) is 0. The van der Waals surface area contributed by atoms with E-state index in [0.717, 1.165) is 0 Å². The van der Waals surface area contributed by atoms with E-state index in [4.69, 9.17) is 15.8 Å². The second kappa shape index (κ2) is 4.40. The van der Waals surface area contributed by atoms with Crippen LogP contribution < -0.4 is 0 Å². The first-order valence-electron chi connectivity index (χ1n) is 3.40. The number of aromatic carboxylic acids is 1. The molecule has 0 saturated carbocycles. The average Bonchev–Trinajstić information content (AvgIpc) is 1.99. The summed E-state index contributed by atoms with van der Waals surface area (Å²) in [6, 6.07) is 2.57. The first kappa shape index (κ1) is 13.0. The van der Waals surface area contributed by atoms with Crippen molar-refractivity contribution in [3.05, 3.63) is 26.6 Å². The maximum atomic E-state index is 11.1. The number of hydrogen-bond donors (Lipinski definition) is 1. The van der Waals surface area contributed by atoms with Gasteiger partial charge in [0.1, 0.15) is 4.90 Å². The highest BCUT2D eigenvalue weighted by Gasteiger charge is 2.24. The molecule has 4 nitrogen and oxygen atoms in total. The molecule has 0 aliphatic carbocycles. The summed E-state index contributed by atoms with van der Waals surface area (Å²) in [5.74, 6) is -1.36. The van der Waals surface area contributed by atoms with Crippen LogP contribution in [0.4, 0.5) is 0 Å². The van der Waals surface area contributed by atoms with Crippen molar-refractivity contribution >= 4 is 57.6 Å². The monoisotopic (exact) mass is 376 g/mol. The summed E-state index contributed by atoms with van der Waals surface area (Å²) in [4.78, 5) is 10.4. The van der Waals surface area contributed by atoms with Crippen molar-refractivity contribution in [1.82, 2.24) is 0 Å². The Morgan fingerprint density at radius 3 is 2.27 bits per heavy atom. The van der Waals surface area contributed by atoms with Crippen LogP contribution in [-0.4, -0.2) is 19.5 Å². The lowest BCUT2D eigenvalue weighted by atomic mass is 10.2. The van der Waals surface area contributed by atoms with E-state index >= 15 is 0 Å². The van der Waals surface area contributed by atoms with Gasteiger partial charge in [-0.15, -0.1) is 0 Å². The molecule has 0 aliphatic rings. The van der Waals surface area contributed by atoms with E-state index < -0.39 is 19.9 Å². The van der Waals surface area contributed by atoms with Gasteiger partial charge >= 0.3 is 5.97 Å². The van der Waals surface area contributed by atoms with Crippen LogP contribution in [0.15, 0.2) is 26.0 Å². The molecule has 0 amide bonds. The highest BCUT2D eigenvalue weighted by atomic mass is 79.9. The topological polar surface area (TPSA) is 71.4 Å². The second-order valence-corrected chi connectivity index (χ2v) is 6.78. The molecule has 0 heterocycles. The molecule has 82 valence electrons. The summed E-state index contributed by atoms with van der Waals surface area (Å²) >= 11 is 6.00. The molecular formula is C7H3Br2ClO4S. The summed E-state index contributed by atoms with van der Waals surface area (Å²) in [5.41, 5.74) is -0.383. The number of benzene rings is 1. The van der Waals surface area contributed by atoms with E-state index in [1.54, 1.807) is 0 Å². The standard InChI is InChI=1S/C7H3Br2ClO4S/c8-3-1-4(7(11)12)6(5(9)2-3)15(10,13)14/h1-2H,(H,11,12). The van der Waals surface area contributed by atoms with Crippen LogP contribution in [-0.2, 0) is 9.05 Å². The van der Waals surface area contributed by atoms with Gasteiger partial charge in [0.2, 0.25) is 0 Å². The van der Waals surface area contributed by atoms with Gasteiger partial charge in [-0.25, -0.2) is 13.2 Å². The lowest BCUT2D eigenvalue weighted by molar-refractivity contribution is 0.0692. The third kappa shape index (κ3) is 2.93. The minimum Gasteiger partial charge on any atom is -0.478 e. The first-order chi connectivity index (χ1) is 6.73. The zero-order valence-electron chi connectivity index (χ0n) is 6.87. The summed E-state index contributed by atoms with van der Waals surface area (Å²) in [6.45, 7) is 0. The van der Waals surface area contributed by atoms with Gasteiger partial charge in [-0.05, 0) is 28.1 Å². The predicted molar refractivity (Wildman–Crippen MR) is 61.8 cm³/mol. The Morgan fingerprint density at radius 2 is 1.87 bits per heavy atom. The number of carbonyl (C=O) groups is 1. The molecule has 1 N–H and O–H groups in total. The van der Waals surface area contributed by atoms with Crippen LogP contribution in [0.2, 0.25) is 0 Å². The molecule has 1 aromatic carbocycles. The first-order valence-corrected chi connectivity index (χ1v) is 7.30. The molecule has 0 unspecified atom stereocenters. The summed E-state index contributed by atoms with van der Waals surface area (Å²) < 4.78 is 22.8. The van der Waals surface area contributed by atoms with Crippen molar-refractivity contribution in [2.45, 2.75) is 4.90 Å². The van der Waals surface area contributed by atoms with Gasteiger partial charge in [0.15, 0.2) is 0 Å². The van der Waals surface area contributed by atoms with Gasteiger partial charge in [-0.3, -0.25) is 0 Å². The lowest BCUT2D eigenvalue weighted by Gasteiger charge is -2.05. The maximum absolute atomic E-state index is 11.1. The molecule has 0 saturated heterocycles. The smallest absolute Gasteiger partial charge is 0.337 e. The number of hydrogen-bond acceptors (Lipinski definition) is 3. The Kier molecular flexibility index (Phi) is 3.80. The van der Waals surface area contributed by atoms with Crippen molar-refractivity contribution in [3.8, 4) is 0 Å². The molecule has 1 rings (SSSR count). The Morgan fingerprint density at radius 1 is 1.33 bits per heavy atom. The number of carboxylic acids is 1. The molecule has 0 aliphatic heterocycles. The molecule has 0 atom stereocenters. The van der Waals surface area contributed by atoms with E-state index in [1.165, 1.54) is 12.1 Å². The summed E-state index contributed by atoms with van der Waals surface area (Å²) in [7, 11) is 1.03. The molecule has 8 heteroatoms. The van der Waals surface area contributed by atoms with Gasteiger partial charge < -0.3 is 5.11 Å². The quantitative estimate of drug-likeness (QED) is 0.804. The average molecular weight is 378 g/mol. The van der Waals surface area contributed by atoms with Crippen LogP contribution in [0.25, 0.3) is 0 Å². The van der Waals surface area contributed by atoms with E-state index in [1.807, 2.05) is 0 Å². The number of carboxylic acid groups (broad SMARTS) is 1. The summed E-state index contributed by atoms with van der Waals surface area (Å²) in [5, 5.41) is 8.81. The van der Waals surface area contributed by atoms with Gasteiger partial charge in [-0.1, -0.05) is 15.9 Å². The minimum absolute atomic E-state index is 0.101. The Bertz CT molecular complexity index is 526. The van der Waals surface area contributed by atoms with Gasteiger partial charge in [-0.2, -0.15) is 0 Å². The zero-order valence-corrected chi connectivity index (χ0v) is 11.6. The molecule has 0 bridgehead atoms. The minimum atomic E-state index is -4.10. The molecular weight excluding hydrogens is 375 g/mol. The molecule has 15 heavy (non-hydrogen) atoms. The Labute approximate surface area is 107 Å². The third-order valence-corrected chi connectivity index (χ3v) is 4.22. The normalized spacial score (nSPS) is 11.4. The maximum Gasteiger partial charge on any atom is 0.337 e. The molecule has 0 fully saturated rings. The predicted octanol–water partition coefficient (Wildman–Crippen LogP) is 2.84. The van der Waals surface area contributed by atoms with E-state index in [0.29, 0.717) is 4.47 Å². The van der Waals surface area contributed by atoms with Crippen molar-refractivity contribution in [2.24, 2.45) is 0 Å². The SMILES string of the molecule is O=C(O)c1cc(Br)cc(Br)c1S(=O)(=O)Cl. The lowest BCUT2D eigenvalue weighted by Crippen LogP contribution is -2.05. The molecule has 0 spiro atoms. The van der Waals surface area contributed by atoms with Gasteiger partial charge in [0.25, 0.3) is 9.05 Å². The van der Waals surface area contributed by atoms with Crippen molar-refractivity contribution in [2.75, 3.05) is 0 Å². The Balaban J connectivity index is 3.70. The number of rotatable bonds is 2. The molecule has 0 aromatic heterocycles. The van der Waals surface area contributed by atoms with Crippen LogP contribution in [0, 0.1) is 0 Å². The third-order valence-electron chi connectivity index (χ3n) is 1.48. The van der Waals surface area contributed by atoms with Crippen LogP contribution in [0.5, 0.6) is 0 Å². The van der Waals surface area contributed by atoms with E-state index in [2.05, 4.69) is 31.9 Å². The zero-order chi connectivity index (χ0) is 11.8. The van der Waals surface area contributed by atoms with Crippen molar-refractivity contribution < 1.29 is 18.3 Å². The molecule has 1 aromatic rings. The largest absolute Gasteiger partial charge is 0.478 e. The van der Waals surface area contributed by atoms with Gasteiger partial charge in [0.05, 0.1) is 5.56 Å². The second-order valence-electron chi connectivity index (χ2n) is 2.51. The van der Waals surface area contributed by atoms with Crippen LogP contribution in [0.1, 0.15) is 10.4 Å². The highest BCUT2D eigenvalue weighted by molar-refractivity contribution is 9.11. The highest BCUT2D eigenvalue weighted by Crippen LogP contribution is 2.32. The van der Waals surface area contributed by atoms with Crippen LogP contribution in [0.3, 0.4) is 0 Å². The fraction of sp³-hybridized carbons (Fsp3) is 0. The van der Waals surface area contributed by atoms with Crippen molar-refractivity contribution in [1.29, 1.82) is 0 Å². The van der Waals surface area contributed by atoms with E-state index in [-0.39, 0.29) is 10.0 Å². The van der Waals surface area contributed by atoms with E-state index in [9.17, 15) is 13.2 Å². The van der Waals surface area contributed by atoms with Gasteiger partial charge in [0, 0.05) is 19.6 Å².